The van der Waals surface area contributed by atoms with Crippen LogP contribution in [-0.4, -0.2) is 22.5 Å². The van der Waals surface area contributed by atoms with Gasteiger partial charge in [0.15, 0.2) is 0 Å². The van der Waals surface area contributed by atoms with E-state index in [1.54, 1.807) is 57.2 Å². The second-order valence-corrected chi connectivity index (χ2v) is 7.51. The molecule has 1 aliphatic carbocycles. The number of alkyl halides is 1. The predicted octanol–water partition coefficient (Wildman–Crippen LogP) is 4.40. The normalized spacial score (nSPS) is 25.6. The van der Waals surface area contributed by atoms with Crippen molar-refractivity contribution in [2.24, 2.45) is 5.92 Å². The van der Waals surface area contributed by atoms with Gasteiger partial charge < -0.3 is 4.74 Å². The zero-order valence-corrected chi connectivity index (χ0v) is 14.9. The third-order valence-electron chi connectivity index (χ3n) is 4.43. The highest BCUT2D eigenvalue weighted by molar-refractivity contribution is 6.03. The lowest BCUT2D eigenvalue weighted by molar-refractivity contribution is -0.138. The summed E-state index contributed by atoms with van der Waals surface area (Å²) in [6.07, 6.45) is 4.67. The summed E-state index contributed by atoms with van der Waals surface area (Å²) in [7, 11) is 0. The van der Waals surface area contributed by atoms with Crippen LogP contribution in [0.2, 0.25) is 0 Å². The Kier molecular flexibility index (Phi) is 4.06. The number of ether oxygens (including phenoxy) is 1. The van der Waals surface area contributed by atoms with Crippen molar-refractivity contribution in [3.8, 4) is 0 Å². The molecule has 1 aromatic carbocycles. The highest BCUT2D eigenvalue weighted by atomic mass is 19.1. The Hall–Kier alpha value is -2.43. The van der Waals surface area contributed by atoms with Gasteiger partial charge >= 0.3 is 6.09 Å². The molecule has 0 saturated carbocycles. The lowest BCUT2D eigenvalue weighted by Gasteiger charge is -2.25. The van der Waals surface area contributed by atoms with E-state index in [9.17, 15) is 9.59 Å². The van der Waals surface area contributed by atoms with Crippen molar-refractivity contribution in [1.29, 1.82) is 0 Å². The molecule has 1 aliphatic heterocycles. The van der Waals surface area contributed by atoms with Crippen LogP contribution in [0.4, 0.5) is 9.18 Å². The van der Waals surface area contributed by atoms with Crippen molar-refractivity contribution in [1.82, 2.24) is 4.90 Å². The number of carbonyl (C=O) groups excluding carboxylic acids is 2. The molecular weight excluding hydrogens is 321 g/mol. The number of likely N-dealkylation sites (tertiary alicyclic amines) is 1. The number of aryl methyl sites for hydroxylation is 1. The van der Waals surface area contributed by atoms with Gasteiger partial charge in [0.1, 0.15) is 5.60 Å². The summed E-state index contributed by atoms with van der Waals surface area (Å²) in [5.41, 5.74) is -1.46. The Morgan fingerprint density at radius 2 is 1.92 bits per heavy atom. The number of halogens is 1. The second-order valence-electron chi connectivity index (χ2n) is 7.51. The Morgan fingerprint density at radius 1 is 1.28 bits per heavy atom. The number of benzene rings is 1. The number of fused-ring (bicyclic) bond motifs is 1. The summed E-state index contributed by atoms with van der Waals surface area (Å²) in [5.74, 6) is -1.62. The number of amides is 2. The summed E-state index contributed by atoms with van der Waals surface area (Å²) >= 11 is 0. The van der Waals surface area contributed by atoms with Crippen LogP contribution in [0.25, 0.3) is 0 Å². The SMILES string of the molecule is Cc1ccc([C@]2(F)C(=O)N(C(=O)OC(C)(C)C)C3=CC=CCC32)cc1. The van der Waals surface area contributed by atoms with E-state index in [0.717, 1.165) is 10.5 Å². The number of hydrogen-bond acceptors (Lipinski definition) is 3. The van der Waals surface area contributed by atoms with E-state index in [2.05, 4.69) is 0 Å². The molecule has 1 heterocycles. The van der Waals surface area contributed by atoms with Crippen molar-refractivity contribution < 1.29 is 18.7 Å². The zero-order chi connectivity index (χ0) is 18.4. The first-order valence-electron chi connectivity index (χ1n) is 8.35. The van der Waals surface area contributed by atoms with Crippen molar-refractivity contribution in [3.05, 3.63) is 59.3 Å². The second kappa shape index (κ2) is 5.83. The first kappa shape index (κ1) is 17.4. The quantitative estimate of drug-likeness (QED) is 0.759. The molecule has 2 atom stereocenters. The molecule has 132 valence electrons. The minimum absolute atomic E-state index is 0.264. The maximum absolute atomic E-state index is 16.1. The molecule has 0 radical (unpaired) electrons. The van der Waals surface area contributed by atoms with E-state index in [0.29, 0.717) is 12.1 Å². The van der Waals surface area contributed by atoms with Crippen molar-refractivity contribution in [2.45, 2.75) is 45.4 Å². The third kappa shape index (κ3) is 2.88. The molecule has 0 N–H and O–H groups in total. The average Bonchev–Trinajstić information content (AvgIpc) is 2.76. The van der Waals surface area contributed by atoms with Gasteiger partial charge in [-0.3, -0.25) is 4.79 Å². The van der Waals surface area contributed by atoms with Crippen molar-refractivity contribution >= 4 is 12.0 Å². The van der Waals surface area contributed by atoms with Gasteiger partial charge in [-0.1, -0.05) is 42.0 Å². The van der Waals surface area contributed by atoms with Gasteiger partial charge in [0, 0.05) is 5.70 Å². The van der Waals surface area contributed by atoms with Crippen LogP contribution < -0.4 is 0 Å². The largest absolute Gasteiger partial charge is 0.443 e. The monoisotopic (exact) mass is 343 g/mol. The van der Waals surface area contributed by atoms with Crippen LogP contribution in [0.3, 0.4) is 0 Å². The van der Waals surface area contributed by atoms with E-state index in [-0.39, 0.29) is 5.56 Å². The molecule has 4 nitrogen and oxygen atoms in total. The van der Waals surface area contributed by atoms with Crippen molar-refractivity contribution in [3.63, 3.8) is 0 Å². The zero-order valence-electron chi connectivity index (χ0n) is 14.9. The van der Waals surface area contributed by atoms with Crippen LogP contribution in [-0.2, 0) is 15.2 Å². The molecule has 1 saturated heterocycles. The predicted molar refractivity (Wildman–Crippen MR) is 92.4 cm³/mol. The van der Waals surface area contributed by atoms with E-state index in [1.165, 1.54) is 0 Å². The molecule has 3 rings (SSSR count). The maximum Gasteiger partial charge on any atom is 0.421 e. The fourth-order valence-corrected chi connectivity index (χ4v) is 3.26. The third-order valence-corrected chi connectivity index (χ3v) is 4.43. The molecule has 1 unspecified atom stereocenters. The van der Waals surface area contributed by atoms with Crippen LogP contribution in [0, 0.1) is 12.8 Å². The van der Waals surface area contributed by atoms with Crippen LogP contribution in [0.5, 0.6) is 0 Å². The van der Waals surface area contributed by atoms with Gasteiger partial charge in [0.25, 0.3) is 5.91 Å². The molecule has 2 aliphatic rings. The van der Waals surface area contributed by atoms with E-state index in [4.69, 9.17) is 4.74 Å². The van der Waals surface area contributed by atoms with Gasteiger partial charge in [-0.2, -0.15) is 0 Å². The van der Waals surface area contributed by atoms with Crippen LogP contribution >= 0.6 is 0 Å². The number of hydrogen-bond donors (Lipinski definition) is 0. The minimum Gasteiger partial charge on any atom is -0.443 e. The molecule has 25 heavy (non-hydrogen) atoms. The van der Waals surface area contributed by atoms with Gasteiger partial charge in [0.2, 0.25) is 5.67 Å². The standard InChI is InChI=1S/C20H22FNO3/c1-13-9-11-14(12-10-13)20(21)15-7-5-6-8-16(15)22(17(20)23)18(24)25-19(2,3)4/h5-6,8-12,15H,7H2,1-4H3/t15?,20-/m1/s1. The highest BCUT2D eigenvalue weighted by Crippen LogP contribution is 2.50. The van der Waals surface area contributed by atoms with Crippen molar-refractivity contribution in [2.75, 3.05) is 0 Å². The maximum atomic E-state index is 16.1. The number of imide groups is 1. The molecule has 0 aromatic heterocycles. The highest BCUT2D eigenvalue weighted by Gasteiger charge is 2.61. The topological polar surface area (TPSA) is 46.6 Å². The minimum atomic E-state index is -2.28. The van der Waals surface area contributed by atoms with Gasteiger partial charge in [-0.25, -0.2) is 14.1 Å². The molecule has 2 amide bonds. The van der Waals surface area contributed by atoms with E-state index < -0.39 is 29.2 Å². The van der Waals surface area contributed by atoms with E-state index >= 15 is 4.39 Å². The Balaban J connectivity index is 2.06. The number of rotatable bonds is 1. The molecule has 0 bridgehead atoms. The summed E-state index contributed by atoms with van der Waals surface area (Å²) in [6.45, 7) is 7.02. The summed E-state index contributed by atoms with van der Waals surface area (Å²) in [6, 6.07) is 6.76. The van der Waals surface area contributed by atoms with Gasteiger partial charge in [-0.15, -0.1) is 0 Å². The Bertz CT molecular complexity index is 773. The van der Waals surface area contributed by atoms with Gasteiger partial charge in [0.05, 0.1) is 5.92 Å². The Labute approximate surface area is 147 Å². The molecule has 1 fully saturated rings. The molecule has 5 heteroatoms. The fourth-order valence-electron chi connectivity index (χ4n) is 3.26. The molecular formula is C20H22FNO3. The molecule has 1 aromatic rings. The fraction of sp³-hybridized carbons (Fsp3) is 0.400. The lowest BCUT2D eigenvalue weighted by atomic mass is 9.80. The number of carbonyl (C=O) groups is 2. The summed E-state index contributed by atoms with van der Waals surface area (Å²) in [4.78, 5) is 26.4. The first-order valence-corrected chi connectivity index (χ1v) is 8.35. The lowest BCUT2D eigenvalue weighted by Crippen LogP contribution is -2.41. The first-order chi connectivity index (χ1) is 11.6. The Morgan fingerprint density at radius 3 is 2.52 bits per heavy atom. The van der Waals surface area contributed by atoms with Crippen LogP contribution in [0.15, 0.2) is 48.2 Å². The summed E-state index contributed by atoms with van der Waals surface area (Å²) in [5, 5.41) is 0. The average molecular weight is 343 g/mol. The smallest absolute Gasteiger partial charge is 0.421 e. The summed E-state index contributed by atoms with van der Waals surface area (Å²) < 4.78 is 21.4. The number of allylic oxidation sites excluding steroid dienone is 4. The molecule has 0 spiro atoms. The van der Waals surface area contributed by atoms with E-state index in [1.807, 2.05) is 13.0 Å². The number of nitrogens with zero attached hydrogens (tertiary/aromatic N) is 1. The van der Waals surface area contributed by atoms with Gasteiger partial charge in [-0.05, 0) is 45.8 Å². The van der Waals surface area contributed by atoms with Crippen LogP contribution in [0.1, 0.15) is 38.3 Å².